The minimum absolute atomic E-state index is 0.248. The lowest BCUT2D eigenvalue weighted by Crippen LogP contribution is -2.39. The fraction of sp³-hybridized carbons (Fsp3) is 0.667. The summed E-state index contributed by atoms with van der Waals surface area (Å²) in [6, 6.07) is 0. The van der Waals surface area contributed by atoms with Crippen molar-refractivity contribution in [3.05, 3.63) is 36.9 Å². The smallest absolute Gasteiger partial charge is 0.330 e. The first kappa shape index (κ1) is 23.2. The first-order valence-corrected chi connectivity index (χ1v) is 11.6. The SMILES string of the molecule is CCCCc1nc(CN(CCC(C)C)c2c(N)n(CCCC)c(=O)[nH]c2=O)cs1. The Kier molecular flexibility index (Phi) is 8.95. The van der Waals surface area contributed by atoms with Crippen LogP contribution >= 0.6 is 11.3 Å². The molecule has 0 radical (unpaired) electrons. The highest BCUT2D eigenvalue weighted by Gasteiger charge is 2.20. The second-order valence-electron chi connectivity index (χ2n) is 7.94. The number of hydrogen-bond acceptors (Lipinski definition) is 6. The molecule has 2 aromatic rings. The molecule has 7 nitrogen and oxygen atoms in total. The number of H-pyrrole nitrogens is 1. The molecule has 0 spiro atoms. The van der Waals surface area contributed by atoms with Crippen LogP contribution in [0.25, 0.3) is 0 Å². The van der Waals surface area contributed by atoms with Crippen molar-refractivity contribution in [1.82, 2.24) is 14.5 Å². The molecule has 8 heteroatoms. The number of nitrogens with two attached hydrogens (primary N) is 1. The van der Waals surface area contributed by atoms with Crippen LogP contribution in [0.3, 0.4) is 0 Å². The summed E-state index contributed by atoms with van der Waals surface area (Å²) in [5, 5.41) is 3.19. The van der Waals surface area contributed by atoms with Gasteiger partial charge in [-0.25, -0.2) is 9.78 Å². The second-order valence-corrected chi connectivity index (χ2v) is 8.88. The van der Waals surface area contributed by atoms with Crippen molar-refractivity contribution < 1.29 is 0 Å². The molecule has 0 bridgehead atoms. The van der Waals surface area contributed by atoms with Gasteiger partial charge in [-0.3, -0.25) is 14.3 Å². The van der Waals surface area contributed by atoms with Gasteiger partial charge in [0.15, 0.2) is 0 Å². The molecule has 2 heterocycles. The summed E-state index contributed by atoms with van der Waals surface area (Å²) in [6.07, 6.45) is 5.93. The standard InChI is InChI=1S/C21H35N5O2S/c1-5-7-9-17-23-16(14-29-17)13-25(12-10-15(3)4)18-19(22)26(11-8-6-2)21(28)24-20(18)27/h14-15H,5-13,22H2,1-4H3,(H,24,27,28). The molecule has 29 heavy (non-hydrogen) atoms. The van der Waals surface area contributed by atoms with Crippen molar-refractivity contribution in [2.24, 2.45) is 5.92 Å². The number of nitrogen functional groups attached to an aromatic ring is 1. The van der Waals surface area contributed by atoms with Crippen molar-refractivity contribution >= 4 is 22.8 Å². The third-order valence-corrected chi connectivity index (χ3v) is 5.90. The number of hydrogen-bond donors (Lipinski definition) is 2. The molecule has 0 aliphatic heterocycles. The average molecular weight is 422 g/mol. The van der Waals surface area contributed by atoms with Crippen molar-refractivity contribution in [3.8, 4) is 0 Å². The molecule has 0 saturated carbocycles. The van der Waals surface area contributed by atoms with Gasteiger partial charge >= 0.3 is 5.69 Å². The second kappa shape index (κ2) is 11.2. The predicted octanol–water partition coefficient (Wildman–Crippen LogP) is 3.77. The Hall–Kier alpha value is -2.09. The maximum absolute atomic E-state index is 12.7. The monoisotopic (exact) mass is 421 g/mol. The van der Waals surface area contributed by atoms with Gasteiger partial charge in [-0.15, -0.1) is 11.3 Å². The maximum Gasteiger partial charge on any atom is 0.330 e. The molecular formula is C21H35N5O2S. The molecule has 0 aliphatic rings. The number of rotatable bonds is 12. The Morgan fingerprint density at radius 2 is 1.97 bits per heavy atom. The van der Waals surface area contributed by atoms with Crippen molar-refractivity contribution in [2.45, 2.75) is 79.3 Å². The van der Waals surface area contributed by atoms with Gasteiger partial charge in [0, 0.05) is 18.5 Å². The van der Waals surface area contributed by atoms with E-state index in [1.54, 1.807) is 11.3 Å². The van der Waals surface area contributed by atoms with E-state index in [0.29, 0.717) is 31.2 Å². The van der Waals surface area contributed by atoms with Gasteiger partial charge in [0.05, 0.1) is 17.2 Å². The van der Waals surface area contributed by atoms with Gasteiger partial charge in [-0.05, 0) is 31.6 Å². The quantitative estimate of drug-likeness (QED) is 0.544. The fourth-order valence-corrected chi connectivity index (χ4v) is 4.00. The van der Waals surface area contributed by atoms with E-state index in [4.69, 9.17) is 10.7 Å². The molecule has 3 N–H and O–H groups in total. The number of aryl methyl sites for hydroxylation is 1. The van der Waals surface area contributed by atoms with E-state index in [1.807, 2.05) is 4.90 Å². The number of anilines is 2. The molecular weight excluding hydrogens is 386 g/mol. The first-order valence-electron chi connectivity index (χ1n) is 10.7. The molecule has 0 aromatic carbocycles. The van der Waals surface area contributed by atoms with Crippen molar-refractivity contribution in [3.63, 3.8) is 0 Å². The molecule has 162 valence electrons. The first-order chi connectivity index (χ1) is 13.9. The van der Waals surface area contributed by atoms with Crippen LogP contribution in [0.4, 0.5) is 11.5 Å². The lowest BCUT2D eigenvalue weighted by Gasteiger charge is -2.26. The third kappa shape index (κ3) is 6.45. The Morgan fingerprint density at radius 1 is 1.24 bits per heavy atom. The van der Waals surface area contributed by atoms with E-state index in [1.165, 1.54) is 4.57 Å². The van der Waals surface area contributed by atoms with Crippen LogP contribution in [0.2, 0.25) is 0 Å². The summed E-state index contributed by atoms with van der Waals surface area (Å²) in [6.45, 7) is 10.2. The molecule has 0 saturated heterocycles. The van der Waals surface area contributed by atoms with Gasteiger partial charge in [0.1, 0.15) is 11.5 Å². The van der Waals surface area contributed by atoms with Crippen LogP contribution in [0.15, 0.2) is 15.0 Å². The molecule has 0 unspecified atom stereocenters. The lowest BCUT2D eigenvalue weighted by atomic mass is 10.1. The third-order valence-electron chi connectivity index (χ3n) is 4.94. The number of nitrogens with zero attached hydrogens (tertiary/aromatic N) is 3. The summed E-state index contributed by atoms with van der Waals surface area (Å²) in [7, 11) is 0. The minimum atomic E-state index is -0.441. The summed E-state index contributed by atoms with van der Waals surface area (Å²) in [4.78, 5) is 34.2. The van der Waals surface area contributed by atoms with Gasteiger partial charge in [-0.2, -0.15) is 0 Å². The predicted molar refractivity (Wildman–Crippen MR) is 122 cm³/mol. The van der Waals surface area contributed by atoms with Crippen LogP contribution in [-0.4, -0.2) is 21.1 Å². The molecule has 0 fully saturated rings. The summed E-state index contributed by atoms with van der Waals surface area (Å²) >= 11 is 1.67. The summed E-state index contributed by atoms with van der Waals surface area (Å²) in [5.41, 5.74) is 6.79. The molecule has 0 aliphatic carbocycles. The zero-order valence-corrected chi connectivity index (χ0v) is 19.0. The van der Waals surface area contributed by atoms with E-state index < -0.39 is 11.2 Å². The van der Waals surface area contributed by atoms with Crippen LogP contribution in [0.1, 0.15) is 70.5 Å². The maximum atomic E-state index is 12.7. The van der Waals surface area contributed by atoms with E-state index in [2.05, 4.69) is 38.1 Å². The van der Waals surface area contributed by atoms with Gasteiger partial charge in [0.25, 0.3) is 5.56 Å². The van der Waals surface area contributed by atoms with Gasteiger partial charge in [-0.1, -0.05) is 40.5 Å². The fourth-order valence-electron chi connectivity index (χ4n) is 3.17. The number of aromatic amines is 1. The van der Waals surface area contributed by atoms with Crippen LogP contribution in [0.5, 0.6) is 0 Å². The number of unbranched alkanes of at least 4 members (excludes halogenated alkanes) is 2. The highest BCUT2D eigenvalue weighted by molar-refractivity contribution is 7.09. The highest BCUT2D eigenvalue weighted by Crippen LogP contribution is 2.22. The highest BCUT2D eigenvalue weighted by atomic mass is 32.1. The largest absolute Gasteiger partial charge is 0.383 e. The molecule has 0 atom stereocenters. The minimum Gasteiger partial charge on any atom is -0.383 e. The van der Waals surface area contributed by atoms with E-state index in [0.717, 1.165) is 49.2 Å². The van der Waals surface area contributed by atoms with E-state index in [9.17, 15) is 9.59 Å². The zero-order chi connectivity index (χ0) is 21.4. The Labute approximate surface area is 177 Å². The Morgan fingerprint density at radius 3 is 2.62 bits per heavy atom. The molecule has 2 rings (SSSR count). The normalized spacial score (nSPS) is 11.3. The van der Waals surface area contributed by atoms with Gasteiger partial charge in [0.2, 0.25) is 0 Å². The molecule has 0 amide bonds. The van der Waals surface area contributed by atoms with Crippen LogP contribution < -0.4 is 21.9 Å². The lowest BCUT2D eigenvalue weighted by molar-refractivity contribution is 0.564. The Balaban J connectivity index is 2.37. The van der Waals surface area contributed by atoms with E-state index in [-0.39, 0.29) is 5.82 Å². The number of aromatic nitrogens is 3. The van der Waals surface area contributed by atoms with Crippen molar-refractivity contribution in [1.29, 1.82) is 0 Å². The van der Waals surface area contributed by atoms with Gasteiger partial charge < -0.3 is 10.6 Å². The number of nitrogens with one attached hydrogen (secondary N) is 1. The van der Waals surface area contributed by atoms with Crippen LogP contribution in [-0.2, 0) is 19.5 Å². The number of thiazole rings is 1. The summed E-state index contributed by atoms with van der Waals surface area (Å²) in [5.74, 6) is 0.733. The van der Waals surface area contributed by atoms with E-state index >= 15 is 0 Å². The summed E-state index contributed by atoms with van der Waals surface area (Å²) < 4.78 is 1.48. The van der Waals surface area contributed by atoms with Crippen LogP contribution in [0, 0.1) is 5.92 Å². The van der Waals surface area contributed by atoms with Crippen molar-refractivity contribution in [2.75, 3.05) is 17.2 Å². The topological polar surface area (TPSA) is 97.0 Å². The zero-order valence-electron chi connectivity index (χ0n) is 18.2. The Bertz CT molecular complexity index is 884. The molecule has 2 aromatic heterocycles. The average Bonchev–Trinajstić information content (AvgIpc) is 3.11.